The molecule has 2 saturated carbocycles. The maximum absolute atomic E-state index is 12.7. The van der Waals surface area contributed by atoms with Gasteiger partial charge < -0.3 is 10.1 Å². The van der Waals surface area contributed by atoms with E-state index in [-0.39, 0.29) is 5.91 Å². The Labute approximate surface area is 143 Å². The van der Waals surface area contributed by atoms with Gasteiger partial charge in [0.2, 0.25) is 0 Å². The van der Waals surface area contributed by atoms with Crippen LogP contribution >= 0.6 is 0 Å². The van der Waals surface area contributed by atoms with Gasteiger partial charge in [0.05, 0.1) is 0 Å². The van der Waals surface area contributed by atoms with Crippen molar-refractivity contribution in [3.63, 3.8) is 0 Å². The molecule has 3 heteroatoms. The first-order chi connectivity index (χ1) is 11.7. The van der Waals surface area contributed by atoms with Gasteiger partial charge in [-0.1, -0.05) is 49.7 Å². The molecule has 24 heavy (non-hydrogen) atoms. The summed E-state index contributed by atoms with van der Waals surface area (Å²) in [6, 6.07) is 14.5. The second-order valence-electron chi connectivity index (χ2n) is 7.28. The van der Waals surface area contributed by atoms with E-state index >= 15 is 0 Å². The molecule has 0 saturated heterocycles. The van der Waals surface area contributed by atoms with Crippen LogP contribution in [0.15, 0.2) is 42.5 Å². The minimum absolute atomic E-state index is 0.0444. The molecule has 3 nitrogen and oxygen atoms in total. The molecule has 4 rings (SSSR count). The number of benzene rings is 2. The SMILES string of the molecule is CC[C@H](Oc1cccc2ccccc12)C(=O)N[C@@H]1C[C@H]2CC[C@H]1C2. The van der Waals surface area contributed by atoms with Crippen LogP contribution in [-0.4, -0.2) is 18.1 Å². The lowest BCUT2D eigenvalue weighted by Gasteiger charge is -2.26. The van der Waals surface area contributed by atoms with E-state index in [0.717, 1.165) is 28.9 Å². The van der Waals surface area contributed by atoms with Crippen molar-refractivity contribution >= 4 is 16.7 Å². The van der Waals surface area contributed by atoms with Crippen LogP contribution in [0.5, 0.6) is 5.75 Å². The molecular formula is C21H25NO2. The largest absolute Gasteiger partial charge is 0.480 e. The number of hydrogen-bond acceptors (Lipinski definition) is 2. The molecule has 2 fully saturated rings. The average Bonchev–Trinajstić information content (AvgIpc) is 3.22. The lowest BCUT2D eigenvalue weighted by molar-refractivity contribution is -0.129. The fourth-order valence-corrected chi connectivity index (χ4v) is 4.47. The zero-order valence-corrected chi connectivity index (χ0v) is 14.2. The summed E-state index contributed by atoms with van der Waals surface area (Å²) in [4.78, 5) is 12.7. The zero-order valence-electron chi connectivity index (χ0n) is 14.2. The number of amides is 1. The highest BCUT2D eigenvalue weighted by molar-refractivity contribution is 5.89. The molecule has 2 aliphatic rings. The number of carbonyl (C=O) groups excluding carboxylic acids is 1. The number of carbonyl (C=O) groups is 1. The Kier molecular flexibility index (Phi) is 4.17. The molecule has 2 aromatic carbocycles. The molecule has 4 atom stereocenters. The quantitative estimate of drug-likeness (QED) is 0.891. The van der Waals surface area contributed by atoms with Crippen molar-refractivity contribution in [2.45, 2.75) is 51.2 Å². The number of ether oxygens (including phenoxy) is 1. The van der Waals surface area contributed by atoms with Gasteiger partial charge in [-0.15, -0.1) is 0 Å². The van der Waals surface area contributed by atoms with Gasteiger partial charge in [-0.05, 0) is 49.0 Å². The van der Waals surface area contributed by atoms with Crippen LogP contribution in [0.3, 0.4) is 0 Å². The van der Waals surface area contributed by atoms with Crippen molar-refractivity contribution in [2.75, 3.05) is 0 Å². The van der Waals surface area contributed by atoms with Gasteiger partial charge >= 0.3 is 0 Å². The van der Waals surface area contributed by atoms with Crippen molar-refractivity contribution in [1.29, 1.82) is 0 Å². The summed E-state index contributed by atoms with van der Waals surface area (Å²) in [5.74, 6) is 2.36. The van der Waals surface area contributed by atoms with Crippen LogP contribution in [0, 0.1) is 11.8 Å². The summed E-state index contributed by atoms with van der Waals surface area (Å²) in [6.07, 6.45) is 5.33. The van der Waals surface area contributed by atoms with Gasteiger partial charge in [-0.25, -0.2) is 0 Å². The predicted molar refractivity (Wildman–Crippen MR) is 96.0 cm³/mol. The van der Waals surface area contributed by atoms with Crippen molar-refractivity contribution in [1.82, 2.24) is 5.32 Å². The highest BCUT2D eigenvalue weighted by atomic mass is 16.5. The molecule has 2 aliphatic carbocycles. The van der Waals surface area contributed by atoms with Crippen molar-refractivity contribution in [2.24, 2.45) is 11.8 Å². The molecule has 1 N–H and O–H groups in total. The topological polar surface area (TPSA) is 38.3 Å². The lowest BCUT2D eigenvalue weighted by Crippen LogP contribution is -2.45. The van der Waals surface area contributed by atoms with Crippen LogP contribution in [0.1, 0.15) is 39.0 Å². The second-order valence-corrected chi connectivity index (χ2v) is 7.28. The molecule has 2 bridgehead atoms. The molecular weight excluding hydrogens is 298 g/mol. The molecule has 0 aliphatic heterocycles. The highest BCUT2D eigenvalue weighted by Gasteiger charge is 2.40. The first kappa shape index (κ1) is 15.5. The summed E-state index contributed by atoms with van der Waals surface area (Å²) in [6.45, 7) is 2.01. The summed E-state index contributed by atoms with van der Waals surface area (Å²) < 4.78 is 6.12. The van der Waals surface area contributed by atoms with Crippen molar-refractivity contribution in [3.8, 4) is 5.75 Å². The Morgan fingerprint density at radius 3 is 2.75 bits per heavy atom. The molecule has 0 aromatic heterocycles. The molecule has 0 unspecified atom stereocenters. The maximum Gasteiger partial charge on any atom is 0.261 e. The number of nitrogens with one attached hydrogen (secondary N) is 1. The van der Waals surface area contributed by atoms with Crippen molar-refractivity contribution < 1.29 is 9.53 Å². The first-order valence-corrected chi connectivity index (χ1v) is 9.19. The molecule has 126 valence electrons. The van der Waals surface area contributed by atoms with Gasteiger partial charge in [0.1, 0.15) is 5.75 Å². The van der Waals surface area contributed by atoms with Gasteiger partial charge in [-0.2, -0.15) is 0 Å². The Hall–Kier alpha value is -2.03. The summed E-state index contributed by atoms with van der Waals surface area (Å²) in [5, 5.41) is 5.46. The summed E-state index contributed by atoms with van der Waals surface area (Å²) >= 11 is 0. The number of rotatable bonds is 5. The smallest absolute Gasteiger partial charge is 0.261 e. The van der Waals surface area contributed by atoms with Crippen LogP contribution in [0.25, 0.3) is 10.8 Å². The van der Waals surface area contributed by atoms with E-state index in [0.29, 0.717) is 18.4 Å². The van der Waals surface area contributed by atoms with Crippen LogP contribution < -0.4 is 10.1 Å². The Balaban J connectivity index is 1.48. The number of fused-ring (bicyclic) bond motifs is 3. The Morgan fingerprint density at radius 2 is 2.00 bits per heavy atom. The van der Waals surface area contributed by atoms with Gasteiger partial charge in [-0.3, -0.25) is 4.79 Å². The monoisotopic (exact) mass is 323 g/mol. The lowest BCUT2D eigenvalue weighted by atomic mass is 9.95. The van der Waals surface area contributed by atoms with E-state index < -0.39 is 6.10 Å². The van der Waals surface area contributed by atoms with Gasteiger partial charge in [0, 0.05) is 11.4 Å². The fourth-order valence-electron chi connectivity index (χ4n) is 4.47. The highest BCUT2D eigenvalue weighted by Crippen LogP contribution is 2.44. The summed E-state index contributed by atoms with van der Waals surface area (Å²) in [5.41, 5.74) is 0. The Bertz CT molecular complexity index is 736. The normalized spacial score (nSPS) is 26.5. The standard InChI is InChI=1S/C21H25NO2/c1-2-19(21(23)22-18-13-14-10-11-16(18)12-14)24-20-9-5-7-15-6-3-4-8-17(15)20/h3-9,14,16,18-19H,2,10-13H2,1H3,(H,22,23)/t14-,16-,18+,19-/m0/s1. The third kappa shape index (κ3) is 2.88. The van der Waals surface area contributed by atoms with Crippen LogP contribution in [0.2, 0.25) is 0 Å². The van der Waals surface area contributed by atoms with E-state index in [1.807, 2.05) is 37.3 Å². The number of hydrogen-bond donors (Lipinski definition) is 1. The fraction of sp³-hybridized carbons (Fsp3) is 0.476. The molecule has 0 radical (unpaired) electrons. The third-order valence-corrected chi connectivity index (χ3v) is 5.75. The van der Waals surface area contributed by atoms with E-state index in [1.165, 1.54) is 19.3 Å². The van der Waals surface area contributed by atoms with Crippen molar-refractivity contribution in [3.05, 3.63) is 42.5 Å². The van der Waals surface area contributed by atoms with Gasteiger partial charge in [0.25, 0.3) is 5.91 Å². The average molecular weight is 323 g/mol. The molecule has 1 amide bonds. The summed E-state index contributed by atoms with van der Waals surface area (Å²) in [7, 11) is 0. The van der Waals surface area contributed by atoms with E-state index in [4.69, 9.17) is 4.74 Å². The van der Waals surface area contributed by atoms with E-state index in [1.54, 1.807) is 0 Å². The second kappa shape index (κ2) is 6.46. The van der Waals surface area contributed by atoms with E-state index in [2.05, 4.69) is 17.4 Å². The van der Waals surface area contributed by atoms with Gasteiger partial charge in [0.15, 0.2) is 6.10 Å². The van der Waals surface area contributed by atoms with E-state index in [9.17, 15) is 4.79 Å². The minimum atomic E-state index is -0.421. The third-order valence-electron chi connectivity index (χ3n) is 5.75. The minimum Gasteiger partial charge on any atom is -0.480 e. The zero-order chi connectivity index (χ0) is 16.5. The maximum atomic E-state index is 12.7. The molecule has 0 spiro atoms. The van der Waals surface area contributed by atoms with Crippen LogP contribution in [-0.2, 0) is 4.79 Å². The predicted octanol–water partition coefficient (Wildman–Crippen LogP) is 4.30. The Morgan fingerprint density at radius 1 is 1.17 bits per heavy atom. The molecule has 2 aromatic rings. The molecule has 0 heterocycles. The first-order valence-electron chi connectivity index (χ1n) is 9.19. The van der Waals surface area contributed by atoms with Crippen LogP contribution in [0.4, 0.5) is 0 Å².